The standard InChI is InChI=1S/C8H12N4O2/c1-12-4-3-9-7-6(12)5(10-11-7)8(13)14-2/h3-4H2,1-2H3,(H2,9,10,11). The Morgan fingerprint density at radius 3 is 3.14 bits per heavy atom. The van der Waals surface area contributed by atoms with Gasteiger partial charge in [0.1, 0.15) is 5.69 Å². The lowest BCUT2D eigenvalue weighted by Crippen LogP contribution is -2.31. The molecule has 14 heavy (non-hydrogen) atoms. The summed E-state index contributed by atoms with van der Waals surface area (Å²) in [6.45, 7) is 1.67. The molecule has 2 N–H and O–H groups in total. The van der Waals surface area contributed by atoms with E-state index in [2.05, 4.69) is 20.3 Å². The molecular formula is C8H12N4O2. The number of carbonyl (C=O) groups excluding carboxylic acids is 1. The molecule has 0 bridgehead atoms. The van der Waals surface area contributed by atoms with Crippen molar-refractivity contribution in [3.05, 3.63) is 5.69 Å². The summed E-state index contributed by atoms with van der Waals surface area (Å²) in [5, 5.41) is 9.77. The third-order valence-electron chi connectivity index (χ3n) is 2.25. The minimum atomic E-state index is -0.394. The summed E-state index contributed by atoms with van der Waals surface area (Å²) in [6, 6.07) is 0. The molecule has 0 saturated carbocycles. The van der Waals surface area contributed by atoms with Crippen LogP contribution in [0.1, 0.15) is 10.5 Å². The highest BCUT2D eigenvalue weighted by atomic mass is 16.5. The number of carbonyl (C=O) groups is 1. The fraction of sp³-hybridized carbons (Fsp3) is 0.500. The average molecular weight is 196 g/mol. The van der Waals surface area contributed by atoms with Crippen LogP contribution in [0, 0.1) is 0 Å². The number of methoxy groups -OCH3 is 1. The maximum atomic E-state index is 11.3. The highest BCUT2D eigenvalue weighted by Crippen LogP contribution is 2.29. The smallest absolute Gasteiger partial charge is 0.358 e. The highest BCUT2D eigenvalue weighted by molar-refractivity contribution is 5.97. The fourth-order valence-electron chi connectivity index (χ4n) is 1.53. The molecule has 0 unspecified atom stereocenters. The summed E-state index contributed by atoms with van der Waals surface area (Å²) in [4.78, 5) is 13.3. The lowest BCUT2D eigenvalue weighted by atomic mass is 10.2. The van der Waals surface area contributed by atoms with E-state index in [-0.39, 0.29) is 0 Å². The number of rotatable bonds is 1. The van der Waals surface area contributed by atoms with Gasteiger partial charge < -0.3 is 15.0 Å². The summed E-state index contributed by atoms with van der Waals surface area (Å²) in [6.07, 6.45) is 0. The van der Waals surface area contributed by atoms with Crippen molar-refractivity contribution in [2.45, 2.75) is 0 Å². The monoisotopic (exact) mass is 196 g/mol. The minimum absolute atomic E-state index is 0.394. The maximum Gasteiger partial charge on any atom is 0.358 e. The number of aromatic nitrogens is 2. The molecule has 0 radical (unpaired) electrons. The minimum Gasteiger partial charge on any atom is -0.464 e. The van der Waals surface area contributed by atoms with Crippen molar-refractivity contribution < 1.29 is 9.53 Å². The zero-order chi connectivity index (χ0) is 10.1. The lowest BCUT2D eigenvalue weighted by molar-refractivity contribution is 0.0594. The van der Waals surface area contributed by atoms with Gasteiger partial charge in [-0.25, -0.2) is 4.79 Å². The van der Waals surface area contributed by atoms with Gasteiger partial charge in [0.15, 0.2) is 11.5 Å². The molecule has 0 amide bonds. The van der Waals surface area contributed by atoms with Gasteiger partial charge in [0.2, 0.25) is 0 Å². The number of H-pyrrole nitrogens is 1. The number of hydrogen-bond acceptors (Lipinski definition) is 5. The Kier molecular flexibility index (Phi) is 2.03. The molecule has 2 rings (SSSR count). The zero-order valence-corrected chi connectivity index (χ0v) is 8.13. The van der Waals surface area contributed by atoms with Crippen molar-refractivity contribution in [3.63, 3.8) is 0 Å². The maximum absolute atomic E-state index is 11.3. The van der Waals surface area contributed by atoms with E-state index in [1.807, 2.05) is 11.9 Å². The fourth-order valence-corrected chi connectivity index (χ4v) is 1.53. The van der Waals surface area contributed by atoms with Crippen molar-refractivity contribution in [1.82, 2.24) is 10.2 Å². The topological polar surface area (TPSA) is 70.2 Å². The second-order valence-electron chi connectivity index (χ2n) is 3.14. The van der Waals surface area contributed by atoms with E-state index in [0.29, 0.717) is 11.5 Å². The van der Waals surface area contributed by atoms with E-state index in [4.69, 9.17) is 0 Å². The van der Waals surface area contributed by atoms with Crippen molar-refractivity contribution in [2.75, 3.05) is 37.5 Å². The SMILES string of the molecule is COC(=O)c1[nH]nc2c1N(C)CCN2. The van der Waals surface area contributed by atoms with Crippen molar-refractivity contribution in [3.8, 4) is 0 Å². The largest absolute Gasteiger partial charge is 0.464 e. The van der Waals surface area contributed by atoms with E-state index < -0.39 is 5.97 Å². The van der Waals surface area contributed by atoms with Crippen molar-refractivity contribution in [2.24, 2.45) is 0 Å². The molecule has 0 spiro atoms. The molecule has 76 valence electrons. The molecule has 1 aromatic rings. The summed E-state index contributed by atoms with van der Waals surface area (Å²) in [5.74, 6) is 0.313. The van der Waals surface area contributed by atoms with Crippen LogP contribution in [-0.4, -0.2) is 43.4 Å². The van der Waals surface area contributed by atoms with Crippen molar-refractivity contribution >= 4 is 17.5 Å². The Morgan fingerprint density at radius 2 is 2.43 bits per heavy atom. The lowest BCUT2D eigenvalue weighted by Gasteiger charge is -2.25. The molecule has 1 aliphatic rings. The number of ether oxygens (including phenoxy) is 1. The number of hydrogen-bond donors (Lipinski definition) is 2. The van der Waals surface area contributed by atoms with E-state index in [9.17, 15) is 4.79 Å². The second kappa shape index (κ2) is 3.21. The Labute approximate surface area is 81.2 Å². The van der Waals surface area contributed by atoms with Gasteiger partial charge in [-0.05, 0) is 0 Å². The van der Waals surface area contributed by atoms with Gasteiger partial charge in [0, 0.05) is 20.1 Å². The van der Waals surface area contributed by atoms with Crippen LogP contribution >= 0.6 is 0 Å². The summed E-state index contributed by atoms with van der Waals surface area (Å²) < 4.78 is 4.64. The van der Waals surface area contributed by atoms with E-state index >= 15 is 0 Å². The molecule has 0 aliphatic carbocycles. The number of nitrogens with zero attached hydrogens (tertiary/aromatic N) is 2. The Hall–Kier alpha value is -1.72. The van der Waals surface area contributed by atoms with Crippen LogP contribution in [0.3, 0.4) is 0 Å². The highest BCUT2D eigenvalue weighted by Gasteiger charge is 2.25. The zero-order valence-electron chi connectivity index (χ0n) is 8.13. The third-order valence-corrected chi connectivity index (χ3v) is 2.25. The van der Waals surface area contributed by atoms with Crippen LogP contribution in [-0.2, 0) is 4.74 Å². The van der Waals surface area contributed by atoms with E-state index in [1.165, 1.54) is 7.11 Å². The first-order valence-corrected chi connectivity index (χ1v) is 4.35. The third kappa shape index (κ3) is 1.19. The quantitative estimate of drug-likeness (QED) is 0.621. The van der Waals surface area contributed by atoms with E-state index in [1.54, 1.807) is 0 Å². The van der Waals surface area contributed by atoms with Crippen LogP contribution in [0.15, 0.2) is 0 Å². The Bertz CT molecular complexity index is 360. The number of likely N-dealkylation sites (N-methyl/N-ethyl adjacent to an activating group) is 1. The predicted molar refractivity (Wildman–Crippen MR) is 51.7 cm³/mol. The molecule has 0 fully saturated rings. The van der Waals surface area contributed by atoms with E-state index in [0.717, 1.165) is 18.8 Å². The van der Waals surface area contributed by atoms with Gasteiger partial charge in [-0.1, -0.05) is 0 Å². The Morgan fingerprint density at radius 1 is 1.64 bits per heavy atom. The number of esters is 1. The van der Waals surface area contributed by atoms with Gasteiger partial charge in [-0.3, -0.25) is 5.10 Å². The first-order chi connectivity index (χ1) is 6.74. The Balaban J connectivity index is 2.43. The van der Waals surface area contributed by atoms with Gasteiger partial charge in [0.25, 0.3) is 0 Å². The van der Waals surface area contributed by atoms with Crippen LogP contribution in [0.25, 0.3) is 0 Å². The number of nitrogens with one attached hydrogen (secondary N) is 2. The average Bonchev–Trinajstić information content (AvgIpc) is 2.62. The van der Waals surface area contributed by atoms with Gasteiger partial charge >= 0.3 is 5.97 Å². The van der Waals surface area contributed by atoms with Crippen LogP contribution in [0.4, 0.5) is 11.5 Å². The van der Waals surface area contributed by atoms with Crippen LogP contribution < -0.4 is 10.2 Å². The number of fused-ring (bicyclic) bond motifs is 1. The van der Waals surface area contributed by atoms with Gasteiger partial charge in [-0.2, -0.15) is 5.10 Å². The summed E-state index contributed by atoms with van der Waals surface area (Å²) in [7, 11) is 3.27. The molecule has 0 atom stereocenters. The van der Waals surface area contributed by atoms with Gasteiger partial charge in [0.05, 0.1) is 7.11 Å². The van der Waals surface area contributed by atoms with Crippen LogP contribution in [0.2, 0.25) is 0 Å². The molecule has 0 aromatic carbocycles. The number of aromatic amines is 1. The second-order valence-corrected chi connectivity index (χ2v) is 3.14. The summed E-state index contributed by atoms with van der Waals surface area (Å²) >= 11 is 0. The molecular weight excluding hydrogens is 184 g/mol. The molecule has 2 heterocycles. The molecule has 0 saturated heterocycles. The van der Waals surface area contributed by atoms with Crippen LogP contribution in [0.5, 0.6) is 0 Å². The first kappa shape index (κ1) is 8.86. The first-order valence-electron chi connectivity index (χ1n) is 4.35. The molecule has 6 nitrogen and oxygen atoms in total. The normalized spacial score (nSPS) is 14.6. The predicted octanol–water partition coefficient (Wildman–Crippen LogP) is 0.0580. The molecule has 6 heteroatoms. The van der Waals surface area contributed by atoms with Crippen molar-refractivity contribution in [1.29, 1.82) is 0 Å². The molecule has 1 aromatic heterocycles. The molecule has 1 aliphatic heterocycles. The summed E-state index contributed by atoms with van der Waals surface area (Å²) in [5.41, 5.74) is 1.18. The van der Waals surface area contributed by atoms with Gasteiger partial charge in [-0.15, -0.1) is 0 Å². The number of anilines is 2.